The molecule has 234 valence electrons. The zero-order valence-corrected chi connectivity index (χ0v) is 26.4. The Kier molecular flexibility index (Phi) is 9.56. The van der Waals surface area contributed by atoms with Crippen LogP contribution in [0.3, 0.4) is 0 Å². The van der Waals surface area contributed by atoms with E-state index in [0.29, 0.717) is 76.7 Å². The third kappa shape index (κ3) is 6.22. The summed E-state index contributed by atoms with van der Waals surface area (Å²) in [4.78, 5) is 46.9. The number of amides is 3. The molecule has 3 amide bonds. The zero-order valence-electron chi connectivity index (χ0n) is 26.4. The number of unbranched alkanes of at least 4 members (excludes halogenated alkanes) is 1. The molecule has 2 N–H and O–H groups in total. The van der Waals surface area contributed by atoms with Crippen LogP contribution in [0.5, 0.6) is 0 Å². The smallest absolute Gasteiger partial charge is 0.254 e. The van der Waals surface area contributed by atoms with Gasteiger partial charge in [-0.25, -0.2) is 0 Å². The summed E-state index contributed by atoms with van der Waals surface area (Å²) >= 11 is 0. The van der Waals surface area contributed by atoms with Crippen molar-refractivity contribution in [3.8, 4) is 0 Å². The molecular formula is C33H48N6O4. The molecule has 0 saturated carbocycles. The van der Waals surface area contributed by atoms with E-state index in [2.05, 4.69) is 53.3 Å². The molecule has 3 fully saturated rings. The topological polar surface area (TPSA) is 111 Å². The van der Waals surface area contributed by atoms with Crippen molar-refractivity contribution in [1.82, 2.24) is 30.2 Å². The normalized spacial score (nSPS) is 21.9. The molecule has 1 aromatic heterocycles. The quantitative estimate of drug-likeness (QED) is 0.461. The molecule has 3 aliphatic heterocycles. The fourth-order valence-corrected chi connectivity index (χ4v) is 7.08. The third-order valence-electron chi connectivity index (χ3n) is 9.47. The van der Waals surface area contributed by atoms with Crippen molar-refractivity contribution in [2.45, 2.75) is 84.3 Å². The summed E-state index contributed by atoms with van der Waals surface area (Å²) in [5.41, 5.74) is 3.97. The van der Waals surface area contributed by atoms with E-state index in [1.807, 2.05) is 35.8 Å². The summed E-state index contributed by atoms with van der Waals surface area (Å²) in [6, 6.07) is 7.40. The Bertz CT molecular complexity index is 1270. The van der Waals surface area contributed by atoms with Gasteiger partial charge in [0.15, 0.2) is 0 Å². The van der Waals surface area contributed by atoms with Crippen LogP contribution in [0.1, 0.15) is 91.8 Å². The van der Waals surface area contributed by atoms with Gasteiger partial charge in [-0.05, 0) is 63.1 Å². The molecule has 1 aromatic carbocycles. The monoisotopic (exact) mass is 592 g/mol. The van der Waals surface area contributed by atoms with Crippen LogP contribution in [0.25, 0.3) is 0 Å². The molecule has 0 aliphatic carbocycles. The lowest BCUT2D eigenvalue weighted by molar-refractivity contribution is -0.162. The second-order valence-electron chi connectivity index (χ2n) is 12.8. The number of rotatable bonds is 9. The maximum absolute atomic E-state index is 13.8. The summed E-state index contributed by atoms with van der Waals surface area (Å²) in [7, 11) is 0. The number of aromatic amines is 1. The summed E-state index contributed by atoms with van der Waals surface area (Å²) < 4.78 is 5.41. The van der Waals surface area contributed by atoms with E-state index in [0.717, 1.165) is 35.4 Å². The van der Waals surface area contributed by atoms with Crippen LogP contribution in [0.4, 0.5) is 0 Å². The van der Waals surface area contributed by atoms with E-state index in [-0.39, 0.29) is 23.8 Å². The second kappa shape index (κ2) is 13.2. The number of benzene rings is 1. The molecule has 43 heavy (non-hydrogen) atoms. The number of aromatic nitrogens is 2. The summed E-state index contributed by atoms with van der Waals surface area (Å²) in [6.45, 7) is 14.6. The Hall–Kier alpha value is -3.24. The van der Waals surface area contributed by atoms with Gasteiger partial charge >= 0.3 is 0 Å². The number of aryl methyl sites for hydroxylation is 2. The van der Waals surface area contributed by atoms with E-state index < -0.39 is 11.6 Å². The number of likely N-dealkylation sites (tertiary alicyclic amines) is 1. The number of H-pyrrole nitrogens is 1. The molecular weight excluding hydrogens is 544 g/mol. The number of nitrogens with zero attached hydrogens (tertiary/aromatic N) is 4. The van der Waals surface area contributed by atoms with Gasteiger partial charge in [0.2, 0.25) is 11.8 Å². The molecule has 1 unspecified atom stereocenters. The van der Waals surface area contributed by atoms with E-state index in [4.69, 9.17) is 4.74 Å². The van der Waals surface area contributed by atoms with Crippen molar-refractivity contribution < 1.29 is 19.1 Å². The van der Waals surface area contributed by atoms with Crippen LogP contribution in [0.2, 0.25) is 0 Å². The predicted octanol–water partition coefficient (Wildman–Crippen LogP) is 3.60. The minimum absolute atomic E-state index is 0.00768. The number of hydrogen-bond donors (Lipinski definition) is 2. The van der Waals surface area contributed by atoms with Crippen molar-refractivity contribution >= 4 is 17.7 Å². The fourth-order valence-electron chi connectivity index (χ4n) is 7.08. The lowest BCUT2D eigenvalue weighted by Crippen LogP contribution is -2.73. The molecule has 10 nitrogen and oxygen atoms in total. The SMILES string of the molecule is CCCCN1C(=O)[C@H](CC(C)C)NC(=O)C12CCN(C(c1ccc(C(=O)N3CCOCC3)cc1)c1c(C)n[nH]c1C)CC2. The Morgan fingerprint density at radius 2 is 1.74 bits per heavy atom. The summed E-state index contributed by atoms with van der Waals surface area (Å²) in [5.74, 6) is 0.398. The highest BCUT2D eigenvalue weighted by Gasteiger charge is 2.54. The van der Waals surface area contributed by atoms with Crippen molar-refractivity contribution in [3.05, 3.63) is 52.3 Å². The highest BCUT2D eigenvalue weighted by molar-refractivity contribution is 6.00. The Morgan fingerprint density at radius 1 is 1.07 bits per heavy atom. The molecule has 4 heterocycles. The Balaban J connectivity index is 1.40. The van der Waals surface area contributed by atoms with Gasteiger partial charge in [-0.15, -0.1) is 0 Å². The zero-order chi connectivity index (χ0) is 30.7. The van der Waals surface area contributed by atoms with Gasteiger partial charge in [0, 0.05) is 49.5 Å². The van der Waals surface area contributed by atoms with Crippen LogP contribution in [0, 0.1) is 19.8 Å². The van der Waals surface area contributed by atoms with E-state index >= 15 is 0 Å². The first kappa shape index (κ1) is 31.2. The number of morpholine rings is 1. The van der Waals surface area contributed by atoms with E-state index in [9.17, 15) is 14.4 Å². The maximum Gasteiger partial charge on any atom is 0.254 e. The molecule has 1 spiro atoms. The standard InChI is InChI=1S/C33H48N6O4/c1-6-7-14-39-31(41)27(21-22(2)3)34-32(42)33(39)12-15-37(16-13-33)29(28-23(4)35-36-24(28)5)25-8-10-26(11-9-25)30(40)38-17-19-43-20-18-38/h8-11,22,27,29H,6-7,12-21H2,1-5H3,(H,34,42)(H,35,36)/t27-,29?/m0/s1. The van der Waals surface area contributed by atoms with Crippen LogP contribution in [-0.4, -0.2) is 100 Å². The average molecular weight is 593 g/mol. The van der Waals surface area contributed by atoms with Crippen LogP contribution >= 0.6 is 0 Å². The van der Waals surface area contributed by atoms with Gasteiger partial charge in [0.05, 0.1) is 24.9 Å². The van der Waals surface area contributed by atoms with Gasteiger partial charge in [-0.1, -0.05) is 39.3 Å². The number of hydrogen-bond acceptors (Lipinski definition) is 6. The van der Waals surface area contributed by atoms with Crippen molar-refractivity contribution in [1.29, 1.82) is 0 Å². The molecule has 3 saturated heterocycles. The van der Waals surface area contributed by atoms with Gasteiger partial charge in [0.25, 0.3) is 5.91 Å². The van der Waals surface area contributed by atoms with Crippen molar-refractivity contribution in [2.75, 3.05) is 45.9 Å². The predicted molar refractivity (Wildman–Crippen MR) is 165 cm³/mol. The first-order valence-electron chi connectivity index (χ1n) is 16.0. The van der Waals surface area contributed by atoms with E-state index in [1.165, 1.54) is 0 Å². The maximum atomic E-state index is 13.8. The lowest BCUT2D eigenvalue weighted by atomic mass is 9.79. The number of piperazine rings is 1. The number of carbonyl (C=O) groups is 3. The third-order valence-corrected chi connectivity index (χ3v) is 9.47. The molecule has 2 atom stereocenters. The van der Waals surface area contributed by atoms with Gasteiger partial charge < -0.3 is 19.9 Å². The Morgan fingerprint density at radius 3 is 2.33 bits per heavy atom. The van der Waals surface area contributed by atoms with E-state index in [1.54, 1.807) is 0 Å². The minimum Gasteiger partial charge on any atom is -0.378 e. The van der Waals surface area contributed by atoms with Crippen LogP contribution < -0.4 is 5.32 Å². The van der Waals surface area contributed by atoms with Crippen molar-refractivity contribution in [3.63, 3.8) is 0 Å². The largest absolute Gasteiger partial charge is 0.378 e. The number of nitrogens with one attached hydrogen (secondary N) is 2. The number of ether oxygens (including phenoxy) is 1. The summed E-state index contributed by atoms with van der Waals surface area (Å²) in [6.07, 6.45) is 3.64. The van der Waals surface area contributed by atoms with Crippen molar-refractivity contribution in [2.24, 2.45) is 5.92 Å². The lowest BCUT2D eigenvalue weighted by Gasteiger charge is -2.52. The molecule has 10 heteroatoms. The first-order chi connectivity index (χ1) is 20.7. The second-order valence-corrected chi connectivity index (χ2v) is 12.8. The highest BCUT2D eigenvalue weighted by atomic mass is 16.5. The molecule has 0 bridgehead atoms. The molecule has 0 radical (unpaired) electrons. The number of piperidine rings is 1. The molecule has 5 rings (SSSR count). The molecule has 3 aliphatic rings. The van der Waals surface area contributed by atoms with Crippen LogP contribution in [-0.2, 0) is 14.3 Å². The fraction of sp³-hybridized carbons (Fsp3) is 0.636. The summed E-state index contributed by atoms with van der Waals surface area (Å²) in [5, 5.41) is 10.8. The average Bonchev–Trinajstić information content (AvgIpc) is 3.34. The Labute approximate surface area is 255 Å². The van der Waals surface area contributed by atoms with Crippen LogP contribution in [0.15, 0.2) is 24.3 Å². The molecule has 2 aromatic rings. The highest BCUT2D eigenvalue weighted by Crippen LogP contribution is 2.40. The first-order valence-corrected chi connectivity index (χ1v) is 16.0. The minimum atomic E-state index is -0.824. The van der Waals surface area contributed by atoms with Gasteiger partial charge in [0.1, 0.15) is 11.6 Å². The van der Waals surface area contributed by atoms with Gasteiger partial charge in [-0.2, -0.15) is 5.10 Å². The number of carbonyl (C=O) groups excluding carboxylic acids is 3. The van der Waals surface area contributed by atoms with Gasteiger partial charge in [-0.3, -0.25) is 24.4 Å².